The Labute approximate surface area is 183 Å². The number of benzene rings is 2. The lowest BCUT2D eigenvalue weighted by molar-refractivity contribution is -0.148. The third-order valence-corrected chi connectivity index (χ3v) is 7.02. The van der Waals surface area contributed by atoms with Crippen LogP contribution in [0.2, 0.25) is 6.32 Å². The van der Waals surface area contributed by atoms with E-state index in [2.05, 4.69) is 47.8 Å². The molecule has 7 heteroatoms. The molecule has 0 aromatic heterocycles. The van der Waals surface area contributed by atoms with Crippen molar-refractivity contribution < 1.29 is 19.9 Å². The van der Waals surface area contributed by atoms with Crippen LogP contribution in [0.15, 0.2) is 42.5 Å². The maximum Gasteiger partial charge on any atom is 0.451 e. The summed E-state index contributed by atoms with van der Waals surface area (Å²) in [5, 5.41) is 31.1. The first kappa shape index (κ1) is 22.0. The number of fused-ring (bicyclic) bond motifs is 3. The van der Waals surface area contributed by atoms with Crippen LogP contribution in [-0.2, 0) is 17.8 Å². The van der Waals surface area contributed by atoms with Crippen molar-refractivity contribution in [3.05, 3.63) is 59.2 Å². The molecule has 0 aliphatic heterocycles. The van der Waals surface area contributed by atoms with Crippen LogP contribution in [0.4, 0.5) is 0 Å². The fraction of sp³-hybridized carbons (Fsp3) is 0.458. The van der Waals surface area contributed by atoms with E-state index < -0.39 is 18.6 Å². The van der Waals surface area contributed by atoms with Crippen molar-refractivity contribution in [3.63, 3.8) is 0 Å². The predicted molar refractivity (Wildman–Crippen MR) is 121 cm³/mol. The van der Waals surface area contributed by atoms with E-state index in [0.717, 1.165) is 25.8 Å². The Morgan fingerprint density at radius 2 is 1.84 bits per heavy atom. The summed E-state index contributed by atoms with van der Waals surface area (Å²) in [6.07, 6.45) is 4.22. The highest BCUT2D eigenvalue weighted by Gasteiger charge is 2.48. The van der Waals surface area contributed by atoms with Crippen LogP contribution in [0.1, 0.15) is 48.8 Å². The molecule has 1 fully saturated rings. The number of carboxylic acid groups (broad SMARTS) is 1. The average Bonchev–Trinajstić information content (AvgIpc) is 3.07. The van der Waals surface area contributed by atoms with Gasteiger partial charge in [-0.3, -0.25) is 4.79 Å². The van der Waals surface area contributed by atoms with Gasteiger partial charge in [0, 0.05) is 12.6 Å². The monoisotopic (exact) mass is 422 g/mol. The highest BCUT2D eigenvalue weighted by Crippen LogP contribution is 2.39. The first-order valence-electron chi connectivity index (χ1n) is 11.2. The van der Waals surface area contributed by atoms with Crippen molar-refractivity contribution in [2.75, 3.05) is 0 Å². The number of hydrogen-bond acceptors (Lipinski definition) is 5. The summed E-state index contributed by atoms with van der Waals surface area (Å²) in [5.41, 5.74) is 11.7. The Balaban J connectivity index is 1.27. The lowest BCUT2D eigenvalue weighted by Gasteiger charge is -2.45. The van der Waals surface area contributed by atoms with Gasteiger partial charge in [0.2, 0.25) is 0 Å². The van der Waals surface area contributed by atoms with Gasteiger partial charge in [-0.25, -0.2) is 0 Å². The molecular weight excluding hydrogens is 391 g/mol. The summed E-state index contributed by atoms with van der Waals surface area (Å²) in [6.45, 7) is 0.764. The summed E-state index contributed by atoms with van der Waals surface area (Å²) >= 11 is 0. The van der Waals surface area contributed by atoms with E-state index in [1.165, 1.54) is 27.8 Å². The second kappa shape index (κ2) is 9.13. The van der Waals surface area contributed by atoms with Crippen molar-refractivity contribution in [3.8, 4) is 11.1 Å². The van der Waals surface area contributed by atoms with Gasteiger partial charge in [-0.2, -0.15) is 0 Å². The first-order valence-corrected chi connectivity index (χ1v) is 11.2. The number of carboxylic acids is 1. The van der Waals surface area contributed by atoms with Crippen LogP contribution < -0.4 is 11.1 Å². The van der Waals surface area contributed by atoms with Crippen LogP contribution in [0.5, 0.6) is 0 Å². The topological polar surface area (TPSA) is 116 Å². The van der Waals surface area contributed by atoms with Gasteiger partial charge in [0.15, 0.2) is 0 Å². The predicted octanol–water partition coefficient (Wildman–Crippen LogP) is 2.55. The van der Waals surface area contributed by atoms with Crippen LogP contribution in [0.25, 0.3) is 11.1 Å². The molecule has 164 valence electrons. The molecule has 0 radical (unpaired) electrons. The van der Waals surface area contributed by atoms with Gasteiger partial charge < -0.3 is 26.2 Å². The third kappa shape index (κ3) is 4.70. The lowest BCUT2D eigenvalue weighted by Crippen LogP contribution is -2.61. The van der Waals surface area contributed by atoms with Gasteiger partial charge in [0.25, 0.3) is 0 Å². The van der Waals surface area contributed by atoms with E-state index in [0.29, 0.717) is 19.3 Å². The Morgan fingerprint density at radius 1 is 1.10 bits per heavy atom. The second-order valence-electron chi connectivity index (χ2n) is 9.14. The van der Waals surface area contributed by atoms with Crippen molar-refractivity contribution in [2.45, 2.75) is 63.0 Å². The molecule has 0 saturated heterocycles. The lowest BCUT2D eigenvalue weighted by atomic mass is 9.66. The molecule has 0 bridgehead atoms. The Hall–Kier alpha value is -2.19. The standard InChI is InChI=1S/C24H31BN2O4/c26-24(23(28)29,9-3-4-10-25(30)31)19-13-20(14-19)27-15-16-7-8-22-18(11-16)12-17-5-1-2-6-21(17)22/h1-2,5-8,11,19-20,27,30-31H,3-4,9-10,12-15,26H2,(H,28,29)/t19?,20?,24-/m0/s1. The van der Waals surface area contributed by atoms with Crippen LogP contribution in [-0.4, -0.2) is 39.8 Å². The van der Waals surface area contributed by atoms with Gasteiger partial charge in [0.05, 0.1) is 0 Å². The second-order valence-corrected chi connectivity index (χ2v) is 9.14. The van der Waals surface area contributed by atoms with Crippen molar-refractivity contribution in [2.24, 2.45) is 11.7 Å². The highest BCUT2D eigenvalue weighted by molar-refractivity contribution is 6.40. The highest BCUT2D eigenvalue weighted by atomic mass is 16.4. The maximum atomic E-state index is 11.8. The number of unbranched alkanes of at least 4 members (excludes halogenated alkanes) is 1. The molecule has 0 spiro atoms. The van der Waals surface area contributed by atoms with Crippen LogP contribution in [0.3, 0.4) is 0 Å². The quantitative estimate of drug-likeness (QED) is 0.253. The molecule has 2 aromatic carbocycles. The summed E-state index contributed by atoms with van der Waals surface area (Å²) in [4.78, 5) is 11.8. The Bertz CT molecular complexity index is 945. The van der Waals surface area contributed by atoms with Gasteiger partial charge in [-0.15, -0.1) is 0 Å². The number of nitrogens with two attached hydrogens (primary N) is 1. The van der Waals surface area contributed by atoms with Gasteiger partial charge in [-0.1, -0.05) is 55.3 Å². The zero-order valence-electron chi connectivity index (χ0n) is 17.8. The van der Waals surface area contributed by atoms with Crippen molar-refractivity contribution in [1.82, 2.24) is 5.32 Å². The number of aliphatic carboxylic acids is 1. The molecule has 0 amide bonds. The number of nitrogens with one attached hydrogen (secondary N) is 1. The molecule has 1 atom stereocenters. The normalized spacial score (nSPS) is 21.0. The van der Waals surface area contributed by atoms with Crippen molar-refractivity contribution >= 4 is 13.1 Å². The molecule has 4 rings (SSSR count). The molecule has 6 N–H and O–H groups in total. The minimum absolute atomic E-state index is 0.0592. The largest absolute Gasteiger partial charge is 0.480 e. The maximum absolute atomic E-state index is 11.8. The first-order chi connectivity index (χ1) is 14.9. The smallest absolute Gasteiger partial charge is 0.451 e. The molecule has 6 nitrogen and oxygen atoms in total. The van der Waals surface area contributed by atoms with Crippen molar-refractivity contribution in [1.29, 1.82) is 0 Å². The van der Waals surface area contributed by atoms with Gasteiger partial charge in [0.1, 0.15) is 5.54 Å². The Kier molecular flexibility index (Phi) is 6.48. The van der Waals surface area contributed by atoms with E-state index in [1.54, 1.807) is 0 Å². The van der Waals surface area contributed by atoms with E-state index >= 15 is 0 Å². The van der Waals surface area contributed by atoms with Gasteiger partial charge >= 0.3 is 13.1 Å². The summed E-state index contributed by atoms with van der Waals surface area (Å²) in [7, 11) is -1.34. The fourth-order valence-corrected chi connectivity index (χ4v) is 5.01. The molecule has 0 heterocycles. The van der Waals surface area contributed by atoms with E-state index in [4.69, 9.17) is 15.8 Å². The van der Waals surface area contributed by atoms with E-state index in [9.17, 15) is 9.90 Å². The zero-order chi connectivity index (χ0) is 22.0. The number of carbonyl (C=O) groups is 1. The molecule has 2 aliphatic rings. The SMILES string of the molecule is N[C@](CCCCB(O)O)(C(=O)O)C1CC(NCc2ccc3c(c2)Cc2ccccc2-3)C1. The summed E-state index contributed by atoms with van der Waals surface area (Å²) in [6, 6.07) is 15.5. The summed E-state index contributed by atoms with van der Waals surface area (Å²) in [5.74, 6) is -1.02. The zero-order valence-corrected chi connectivity index (χ0v) is 17.8. The van der Waals surface area contributed by atoms with Crippen LogP contribution >= 0.6 is 0 Å². The molecule has 2 aliphatic carbocycles. The molecule has 2 aromatic rings. The minimum Gasteiger partial charge on any atom is -0.480 e. The fourth-order valence-electron chi connectivity index (χ4n) is 5.01. The molecule has 31 heavy (non-hydrogen) atoms. The van der Waals surface area contributed by atoms with E-state index in [-0.39, 0.29) is 18.3 Å². The summed E-state index contributed by atoms with van der Waals surface area (Å²) < 4.78 is 0. The van der Waals surface area contributed by atoms with Crippen LogP contribution in [0, 0.1) is 5.92 Å². The number of hydrogen-bond donors (Lipinski definition) is 5. The van der Waals surface area contributed by atoms with E-state index in [1.807, 2.05) is 0 Å². The number of rotatable bonds is 10. The molecule has 1 saturated carbocycles. The minimum atomic E-state index is -1.34. The third-order valence-electron chi connectivity index (χ3n) is 7.02. The average molecular weight is 422 g/mol. The molecular formula is C24H31BN2O4. The Morgan fingerprint density at radius 3 is 2.58 bits per heavy atom. The molecule has 0 unspecified atom stereocenters. The van der Waals surface area contributed by atoms with Gasteiger partial charge in [-0.05, 0) is 65.7 Å².